The molecule has 2 nitrogen and oxygen atoms in total. The van der Waals surface area contributed by atoms with Crippen LogP contribution in [0.3, 0.4) is 0 Å². The van der Waals surface area contributed by atoms with Gasteiger partial charge >= 0.3 is 0 Å². The van der Waals surface area contributed by atoms with Crippen LogP contribution < -0.4 is 0 Å². The number of H-pyrrole nitrogens is 1. The molecule has 0 aliphatic rings. The Labute approximate surface area is 94.3 Å². The Hall–Kier alpha value is -1.28. The number of nitrogens with one attached hydrogen (secondary N) is 1. The minimum Gasteiger partial charge on any atom is -0.346 e. The van der Waals surface area contributed by atoms with Crippen molar-refractivity contribution in [3.63, 3.8) is 0 Å². The van der Waals surface area contributed by atoms with E-state index < -0.39 is 0 Å². The van der Waals surface area contributed by atoms with Crippen molar-refractivity contribution in [2.24, 2.45) is 0 Å². The highest BCUT2D eigenvalue weighted by Crippen LogP contribution is 2.18. The smallest absolute Gasteiger partial charge is 0.111 e. The zero-order valence-corrected chi connectivity index (χ0v) is 9.60. The number of imidazole rings is 1. The molecule has 0 saturated heterocycles. The Morgan fingerprint density at radius 3 is 2.60 bits per heavy atom. The van der Waals surface area contributed by atoms with Crippen molar-refractivity contribution < 1.29 is 0 Å². The van der Waals surface area contributed by atoms with Gasteiger partial charge in [0.1, 0.15) is 5.82 Å². The van der Waals surface area contributed by atoms with Gasteiger partial charge in [-0.2, -0.15) is 0 Å². The van der Waals surface area contributed by atoms with Crippen LogP contribution in [0.1, 0.15) is 22.8 Å². The molecule has 0 aliphatic heterocycles. The molecule has 0 amide bonds. The van der Waals surface area contributed by atoms with Gasteiger partial charge in [-0.3, -0.25) is 0 Å². The Bertz CT molecular complexity index is 455. The van der Waals surface area contributed by atoms with Crippen LogP contribution >= 0.6 is 11.6 Å². The predicted octanol–water partition coefficient (Wildman–Crippen LogP) is 3.27. The second kappa shape index (κ2) is 4.07. The molecule has 1 heterocycles. The molecule has 0 saturated carbocycles. The van der Waals surface area contributed by atoms with Crippen LogP contribution in [0.2, 0.25) is 5.02 Å². The average Bonchev–Trinajstić information content (AvgIpc) is 2.50. The van der Waals surface area contributed by atoms with Crippen molar-refractivity contribution in [3.05, 3.63) is 52.1 Å². The summed E-state index contributed by atoms with van der Waals surface area (Å²) in [5.74, 6) is 0.970. The highest BCUT2D eigenvalue weighted by atomic mass is 35.5. The first kappa shape index (κ1) is 10.2. The van der Waals surface area contributed by atoms with Gasteiger partial charge in [-0.25, -0.2) is 4.98 Å². The zero-order chi connectivity index (χ0) is 10.8. The molecule has 0 fully saturated rings. The third-order valence-corrected chi connectivity index (χ3v) is 2.86. The van der Waals surface area contributed by atoms with E-state index in [4.69, 9.17) is 11.6 Å². The summed E-state index contributed by atoms with van der Waals surface area (Å²) in [6.07, 6.45) is 0.758. The second-order valence-electron chi connectivity index (χ2n) is 3.66. The lowest BCUT2D eigenvalue weighted by Crippen LogP contribution is -1.91. The van der Waals surface area contributed by atoms with Crippen LogP contribution in [0.4, 0.5) is 0 Å². The standard InChI is InChI=1S/C12H13ClN2/c1-8-9(2)15-12(14-8)7-10-5-3-4-6-11(10)13/h3-6H,7H2,1-2H3,(H,14,15). The van der Waals surface area contributed by atoms with Gasteiger partial charge in [0.2, 0.25) is 0 Å². The van der Waals surface area contributed by atoms with Gasteiger partial charge in [0, 0.05) is 17.1 Å². The minimum atomic E-state index is 0.758. The molecule has 3 heteroatoms. The maximum Gasteiger partial charge on any atom is 0.111 e. The molecule has 0 atom stereocenters. The summed E-state index contributed by atoms with van der Waals surface area (Å²) < 4.78 is 0. The van der Waals surface area contributed by atoms with Crippen LogP contribution in [0, 0.1) is 13.8 Å². The number of halogens is 1. The maximum absolute atomic E-state index is 6.08. The average molecular weight is 221 g/mol. The normalized spacial score (nSPS) is 10.6. The lowest BCUT2D eigenvalue weighted by Gasteiger charge is -2.00. The van der Waals surface area contributed by atoms with Gasteiger partial charge in [-0.05, 0) is 25.5 Å². The molecule has 0 aliphatic carbocycles. The fraction of sp³-hybridized carbons (Fsp3) is 0.250. The molecule has 78 valence electrons. The molecule has 2 aromatic rings. The third-order valence-electron chi connectivity index (χ3n) is 2.49. The topological polar surface area (TPSA) is 28.7 Å². The van der Waals surface area contributed by atoms with Gasteiger partial charge in [-0.15, -0.1) is 0 Å². The fourth-order valence-electron chi connectivity index (χ4n) is 1.53. The van der Waals surface area contributed by atoms with E-state index in [2.05, 4.69) is 9.97 Å². The first-order chi connectivity index (χ1) is 7.16. The Morgan fingerprint density at radius 1 is 1.27 bits per heavy atom. The summed E-state index contributed by atoms with van der Waals surface area (Å²) in [7, 11) is 0. The Morgan fingerprint density at radius 2 is 2.00 bits per heavy atom. The molecule has 1 aromatic carbocycles. The first-order valence-corrected chi connectivity index (χ1v) is 5.30. The molecule has 1 N–H and O–H groups in total. The van der Waals surface area contributed by atoms with Crippen LogP contribution in [0.15, 0.2) is 24.3 Å². The molecule has 15 heavy (non-hydrogen) atoms. The highest BCUT2D eigenvalue weighted by molar-refractivity contribution is 6.31. The summed E-state index contributed by atoms with van der Waals surface area (Å²) in [6, 6.07) is 7.85. The largest absolute Gasteiger partial charge is 0.346 e. The molecule has 0 radical (unpaired) electrons. The van der Waals surface area contributed by atoms with Crippen molar-refractivity contribution in [1.29, 1.82) is 0 Å². The first-order valence-electron chi connectivity index (χ1n) is 4.92. The van der Waals surface area contributed by atoms with E-state index >= 15 is 0 Å². The maximum atomic E-state index is 6.08. The van der Waals surface area contributed by atoms with Gasteiger partial charge in [0.25, 0.3) is 0 Å². The van der Waals surface area contributed by atoms with E-state index in [0.29, 0.717) is 0 Å². The lowest BCUT2D eigenvalue weighted by atomic mass is 10.1. The van der Waals surface area contributed by atoms with E-state index in [1.165, 1.54) is 0 Å². The molecule has 0 spiro atoms. The van der Waals surface area contributed by atoms with E-state index in [1.54, 1.807) is 0 Å². The molecular formula is C12H13ClN2. The predicted molar refractivity (Wildman–Crippen MR) is 62.3 cm³/mol. The minimum absolute atomic E-state index is 0.758. The molecule has 1 aromatic heterocycles. The Kier molecular flexibility index (Phi) is 2.78. The summed E-state index contributed by atoms with van der Waals surface area (Å²) >= 11 is 6.08. The van der Waals surface area contributed by atoms with Crippen molar-refractivity contribution in [2.45, 2.75) is 20.3 Å². The summed E-state index contributed by atoms with van der Waals surface area (Å²) in [4.78, 5) is 7.68. The van der Waals surface area contributed by atoms with Gasteiger partial charge in [0.15, 0.2) is 0 Å². The summed E-state index contributed by atoms with van der Waals surface area (Å²) in [5, 5.41) is 0.796. The van der Waals surface area contributed by atoms with E-state index in [-0.39, 0.29) is 0 Å². The van der Waals surface area contributed by atoms with Crippen molar-refractivity contribution >= 4 is 11.6 Å². The quantitative estimate of drug-likeness (QED) is 0.827. The van der Waals surface area contributed by atoms with Crippen molar-refractivity contribution in [1.82, 2.24) is 9.97 Å². The number of rotatable bonds is 2. The monoisotopic (exact) mass is 220 g/mol. The third kappa shape index (κ3) is 2.21. The highest BCUT2D eigenvalue weighted by Gasteiger charge is 2.05. The SMILES string of the molecule is Cc1nc(Cc2ccccc2Cl)[nH]c1C. The van der Waals surface area contributed by atoms with Gasteiger partial charge in [0.05, 0.1) is 5.69 Å². The van der Waals surface area contributed by atoms with Crippen LogP contribution in [0.25, 0.3) is 0 Å². The lowest BCUT2D eigenvalue weighted by molar-refractivity contribution is 1.01. The van der Waals surface area contributed by atoms with Crippen molar-refractivity contribution in [2.75, 3.05) is 0 Å². The van der Waals surface area contributed by atoms with Crippen molar-refractivity contribution in [3.8, 4) is 0 Å². The molecule has 2 rings (SSSR count). The van der Waals surface area contributed by atoms with Crippen LogP contribution in [-0.2, 0) is 6.42 Å². The zero-order valence-electron chi connectivity index (χ0n) is 8.84. The van der Waals surface area contributed by atoms with Crippen LogP contribution in [-0.4, -0.2) is 9.97 Å². The number of aromatic amines is 1. The molecular weight excluding hydrogens is 208 g/mol. The molecule has 0 unspecified atom stereocenters. The number of benzene rings is 1. The Balaban J connectivity index is 2.26. The van der Waals surface area contributed by atoms with E-state index in [9.17, 15) is 0 Å². The summed E-state index contributed by atoms with van der Waals surface area (Å²) in [5.41, 5.74) is 3.28. The van der Waals surface area contributed by atoms with Gasteiger partial charge < -0.3 is 4.98 Å². The van der Waals surface area contributed by atoms with Gasteiger partial charge in [-0.1, -0.05) is 29.8 Å². The number of aromatic nitrogens is 2. The number of nitrogens with zero attached hydrogens (tertiary/aromatic N) is 1. The summed E-state index contributed by atoms with van der Waals surface area (Å²) in [6.45, 7) is 4.03. The van der Waals surface area contributed by atoms with E-state index in [0.717, 1.165) is 34.2 Å². The number of aryl methyl sites for hydroxylation is 2. The molecule has 0 bridgehead atoms. The number of hydrogen-bond donors (Lipinski definition) is 1. The van der Waals surface area contributed by atoms with E-state index in [1.807, 2.05) is 38.1 Å². The number of hydrogen-bond acceptors (Lipinski definition) is 1. The van der Waals surface area contributed by atoms with Crippen LogP contribution in [0.5, 0.6) is 0 Å². The fourth-order valence-corrected chi connectivity index (χ4v) is 1.73. The second-order valence-corrected chi connectivity index (χ2v) is 4.07.